The van der Waals surface area contributed by atoms with E-state index in [9.17, 15) is 23.4 Å². The number of aromatic hydroxyl groups is 1. The number of phenols is 1. The SMILES string of the molecule is CC(O)c1ccc2c(C(F)(F)F)c(O)ccc2n1. The third-order valence-electron chi connectivity index (χ3n) is 2.58. The lowest BCUT2D eigenvalue weighted by Crippen LogP contribution is -2.07. The molecule has 2 aromatic rings. The lowest BCUT2D eigenvalue weighted by Gasteiger charge is -2.13. The van der Waals surface area contributed by atoms with Gasteiger partial charge in [0.1, 0.15) is 11.3 Å². The van der Waals surface area contributed by atoms with Crippen molar-refractivity contribution in [3.05, 3.63) is 35.5 Å². The van der Waals surface area contributed by atoms with Crippen LogP contribution in [0.4, 0.5) is 13.2 Å². The first-order valence-electron chi connectivity index (χ1n) is 5.18. The van der Waals surface area contributed by atoms with Gasteiger partial charge in [-0.1, -0.05) is 6.07 Å². The number of fused-ring (bicyclic) bond motifs is 1. The van der Waals surface area contributed by atoms with Crippen molar-refractivity contribution in [2.75, 3.05) is 0 Å². The number of halogens is 3. The smallest absolute Gasteiger partial charge is 0.420 e. The highest BCUT2D eigenvalue weighted by Gasteiger charge is 2.36. The van der Waals surface area contributed by atoms with Crippen LogP contribution in [0.1, 0.15) is 24.3 Å². The molecule has 0 aliphatic carbocycles. The number of alkyl halides is 3. The molecule has 0 bridgehead atoms. The minimum Gasteiger partial charge on any atom is -0.507 e. The zero-order valence-electron chi connectivity index (χ0n) is 9.36. The molecule has 3 nitrogen and oxygen atoms in total. The van der Waals surface area contributed by atoms with Crippen LogP contribution in [0.15, 0.2) is 24.3 Å². The average molecular weight is 257 g/mol. The molecular weight excluding hydrogens is 247 g/mol. The fraction of sp³-hybridized carbons (Fsp3) is 0.250. The highest BCUT2D eigenvalue weighted by atomic mass is 19.4. The Hall–Kier alpha value is -1.82. The van der Waals surface area contributed by atoms with Crippen molar-refractivity contribution >= 4 is 10.9 Å². The minimum atomic E-state index is -4.66. The van der Waals surface area contributed by atoms with Gasteiger partial charge in [-0.05, 0) is 25.1 Å². The van der Waals surface area contributed by atoms with E-state index in [0.717, 1.165) is 6.07 Å². The quantitative estimate of drug-likeness (QED) is 0.825. The van der Waals surface area contributed by atoms with Gasteiger partial charge in [0, 0.05) is 5.39 Å². The summed E-state index contributed by atoms with van der Waals surface area (Å²) in [6, 6.07) is 4.74. The normalized spacial score (nSPS) is 13.8. The molecular formula is C12H10F3NO2. The first kappa shape index (κ1) is 12.6. The van der Waals surface area contributed by atoms with Crippen LogP contribution in [-0.4, -0.2) is 15.2 Å². The van der Waals surface area contributed by atoms with E-state index in [4.69, 9.17) is 0 Å². The van der Waals surface area contributed by atoms with Crippen LogP contribution in [0, 0.1) is 0 Å². The van der Waals surface area contributed by atoms with E-state index in [1.54, 1.807) is 0 Å². The summed E-state index contributed by atoms with van der Waals surface area (Å²) in [6.45, 7) is 1.47. The van der Waals surface area contributed by atoms with Gasteiger partial charge in [-0.3, -0.25) is 4.98 Å². The first-order valence-corrected chi connectivity index (χ1v) is 5.18. The second kappa shape index (κ2) is 4.13. The molecule has 0 saturated heterocycles. The molecule has 2 rings (SSSR count). The summed E-state index contributed by atoms with van der Waals surface area (Å²) < 4.78 is 38.4. The molecule has 96 valence electrons. The number of aromatic nitrogens is 1. The maximum Gasteiger partial charge on any atom is 0.420 e. The fourth-order valence-electron chi connectivity index (χ4n) is 1.74. The molecule has 0 saturated carbocycles. The Labute approximate surface area is 101 Å². The maximum atomic E-state index is 12.8. The molecule has 1 aromatic heterocycles. The summed E-state index contributed by atoms with van der Waals surface area (Å²) in [5, 5.41) is 18.5. The van der Waals surface area contributed by atoms with Gasteiger partial charge < -0.3 is 10.2 Å². The molecule has 0 aliphatic rings. The Kier molecular flexibility index (Phi) is 2.90. The molecule has 0 spiro atoms. The largest absolute Gasteiger partial charge is 0.507 e. The van der Waals surface area contributed by atoms with Crippen molar-refractivity contribution in [3.8, 4) is 5.75 Å². The zero-order chi connectivity index (χ0) is 13.5. The highest BCUT2D eigenvalue weighted by molar-refractivity contribution is 5.85. The van der Waals surface area contributed by atoms with E-state index in [2.05, 4.69) is 4.98 Å². The third kappa shape index (κ3) is 2.11. The van der Waals surface area contributed by atoms with Crippen molar-refractivity contribution < 1.29 is 23.4 Å². The van der Waals surface area contributed by atoms with Crippen molar-refractivity contribution in [1.29, 1.82) is 0 Å². The predicted octanol–water partition coefficient (Wildman–Crippen LogP) is 3.01. The number of aliphatic hydroxyl groups excluding tert-OH is 1. The molecule has 0 radical (unpaired) electrons. The number of hydrogen-bond donors (Lipinski definition) is 2. The Balaban J connectivity index is 2.75. The number of aliphatic hydroxyl groups is 1. The second-order valence-corrected chi connectivity index (χ2v) is 3.94. The van der Waals surface area contributed by atoms with Gasteiger partial charge in [-0.25, -0.2) is 0 Å². The summed E-state index contributed by atoms with van der Waals surface area (Å²) in [7, 11) is 0. The van der Waals surface area contributed by atoms with Crippen LogP contribution in [0.2, 0.25) is 0 Å². The molecule has 1 heterocycles. The van der Waals surface area contributed by atoms with Crippen LogP contribution in [0.5, 0.6) is 5.75 Å². The standard InChI is InChI=1S/C12H10F3NO2/c1-6(17)8-3-2-7-9(16-8)4-5-10(18)11(7)12(13,14)15/h2-6,17-18H,1H3. The fourth-order valence-corrected chi connectivity index (χ4v) is 1.74. The molecule has 0 fully saturated rings. The maximum absolute atomic E-state index is 12.8. The van der Waals surface area contributed by atoms with Crippen molar-refractivity contribution in [2.24, 2.45) is 0 Å². The van der Waals surface area contributed by atoms with Crippen LogP contribution in [0.3, 0.4) is 0 Å². The van der Waals surface area contributed by atoms with E-state index in [1.165, 1.54) is 25.1 Å². The number of nitrogens with zero attached hydrogens (tertiary/aromatic N) is 1. The second-order valence-electron chi connectivity index (χ2n) is 3.94. The predicted molar refractivity (Wildman–Crippen MR) is 59.0 cm³/mol. The molecule has 0 amide bonds. The van der Waals surface area contributed by atoms with E-state index in [1.807, 2.05) is 0 Å². The number of phenolic OH excluding ortho intramolecular Hbond substituents is 1. The van der Waals surface area contributed by atoms with E-state index in [-0.39, 0.29) is 16.6 Å². The summed E-state index contributed by atoms with van der Waals surface area (Å²) in [5.41, 5.74) is -0.746. The summed E-state index contributed by atoms with van der Waals surface area (Å²) in [5.74, 6) is -0.832. The summed E-state index contributed by atoms with van der Waals surface area (Å²) in [6.07, 6.45) is -5.52. The van der Waals surface area contributed by atoms with Crippen molar-refractivity contribution in [2.45, 2.75) is 19.2 Å². The molecule has 18 heavy (non-hydrogen) atoms. The monoisotopic (exact) mass is 257 g/mol. The van der Waals surface area contributed by atoms with Gasteiger partial charge in [0.25, 0.3) is 0 Å². The van der Waals surface area contributed by atoms with Crippen molar-refractivity contribution in [1.82, 2.24) is 4.98 Å². The lowest BCUT2D eigenvalue weighted by atomic mass is 10.1. The Bertz CT molecular complexity index is 594. The van der Waals surface area contributed by atoms with Gasteiger partial charge in [0.05, 0.1) is 17.3 Å². The summed E-state index contributed by atoms with van der Waals surface area (Å²) in [4.78, 5) is 3.93. The topological polar surface area (TPSA) is 53.4 Å². The van der Waals surface area contributed by atoms with Gasteiger partial charge in [0.2, 0.25) is 0 Å². The van der Waals surface area contributed by atoms with Gasteiger partial charge in [0.15, 0.2) is 0 Å². The Morgan fingerprint density at radius 2 is 1.83 bits per heavy atom. The lowest BCUT2D eigenvalue weighted by molar-refractivity contribution is -0.137. The van der Waals surface area contributed by atoms with Gasteiger partial charge >= 0.3 is 6.18 Å². The molecule has 6 heteroatoms. The molecule has 0 aliphatic heterocycles. The van der Waals surface area contributed by atoms with Crippen LogP contribution in [0.25, 0.3) is 10.9 Å². The van der Waals surface area contributed by atoms with Crippen LogP contribution >= 0.6 is 0 Å². The van der Waals surface area contributed by atoms with E-state index < -0.39 is 23.6 Å². The molecule has 2 N–H and O–H groups in total. The van der Waals surface area contributed by atoms with Gasteiger partial charge in [-0.15, -0.1) is 0 Å². The molecule has 1 unspecified atom stereocenters. The van der Waals surface area contributed by atoms with Crippen LogP contribution in [-0.2, 0) is 6.18 Å². The molecule has 1 aromatic carbocycles. The average Bonchev–Trinajstić information content (AvgIpc) is 2.26. The van der Waals surface area contributed by atoms with E-state index in [0.29, 0.717) is 0 Å². The number of pyridine rings is 1. The Morgan fingerprint density at radius 1 is 1.17 bits per heavy atom. The van der Waals surface area contributed by atoms with Crippen molar-refractivity contribution in [3.63, 3.8) is 0 Å². The minimum absolute atomic E-state index is 0.0820. The zero-order valence-corrected chi connectivity index (χ0v) is 9.36. The summed E-state index contributed by atoms with van der Waals surface area (Å²) >= 11 is 0. The van der Waals surface area contributed by atoms with Gasteiger partial charge in [-0.2, -0.15) is 13.2 Å². The highest BCUT2D eigenvalue weighted by Crippen LogP contribution is 2.40. The van der Waals surface area contributed by atoms with Crippen LogP contribution < -0.4 is 0 Å². The van der Waals surface area contributed by atoms with E-state index >= 15 is 0 Å². The number of benzene rings is 1. The number of rotatable bonds is 1. The number of hydrogen-bond acceptors (Lipinski definition) is 3. The first-order chi connectivity index (χ1) is 8.30. The molecule has 1 atom stereocenters. The third-order valence-corrected chi connectivity index (χ3v) is 2.58. The Morgan fingerprint density at radius 3 is 2.39 bits per heavy atom.